The van der Waals surface area contributed by atoms with Crippen molar-refractivity contribution in [2.45, 2.75) is 42.6 Å². The second-order valence-corrected chi connectivity index (χ2v) is 6.90. The van der Waals surface area contributed by atoms with Crippen molar-refractivity contribution in [2.24, 2.45) is 0 Å². The molecule has 0 spiro atoms. The number of halogens is 3. The van der Waals surface area contributed by atoms with Gasteiger partial charge in [-0.15, -0.1) is 11.8 Å². The lowest BCUT2D eigenvalue weighted by Crippen LogP contribution is -2.20. The number of aromatic nitrogens is 1. The van der Waals surface area contributed by atoms with Crippen LogP contribution in [-0.4, -0.2) is 4.98 Å². The molecule has 0 radical (unpaired) electrons. The molecule has 0 amide bonds. The van der Waals surface area contributed by atoms with Crippen LogP contribution in [0.4, 0.5) is 13.2 Å². The van der Waals surface area contributed by atoms with Crippen LogP contribution in [0.15, 0.2) is 34.1 Å². The van der Waals surface area contributed by atoms with E-state index < -0.39 is 17.3 Å². The Balaban J connectivity index is 1.83. The third-order valence-electron chi connectivity index (χ3n) is 4.27. The zero-order chi connectivity index (χ0) is 18.0. The van der Waals surface area contributed by atoms with Crippen molar-refractivity contribution in [1.82, 2.24) is 4.98 Å². The van der Waals surface area contributed by atoms with Crippen LogP contribution in [0.5, 0.6) is 0 Å². The van der Waals surface area contributed by atoms with Crippen molar-refractivity contribution in [3.63, 3.8) is 0 Å². The van der Waals surface area contributed by atoms with Crippen LogP contribution in [0.25, 0.3) is 0 Å². The van der Waals surface area contributed by atoms with Crippen molar-refractivity contribution in [3.8, 4) is 6.07 Å². The summed E-state index contributed by atoms with van der Waals surface area (Å²) in [5.74, 6) is 0.451. The van der Waals surface area contributed by atoms with Crippen LogP contribution in [0.2, 0.25) is 0 Å². The van der Waals surface area contributed by atoms with E-state index in [0.717, 1.165) is 59.5 Å². The van der Waals surface area contributed by atoms with Crippen molar-refractivity contribution in [3.05, 3.63) is 62.4 Å². The van der Waals surface area contributed by atoms with Gasteiger partial charge < -0.3 is 4.98 Å². The van der Waals surface area contributed by atoms with Gasteiger partial charge in [0.05, 0.1) is 10.6 Å². The minimum Gasteiger partial charge on any atom is -0.316 e. The van der Waals surface area contributed by atoms with E-state index in [1.807, 2.05) is 6.07 Å². The predicted octanol–water partition coefficient (Wildman–Crippen LogP) is 4.44. The first-order valence-corrected chi connectivity index (χ1v) is 8.86. The molecule has 3 rings (SSSR count). The average molecular weight is 364 g/mol. The molecule has 0 atom stereocenters. The maximum atomic E-state index is 12.6. The van der Waals surface area contributed by atoms with Crippen molar-refractivity contribution in [2.75, 3.05) is 0 Å². The molecule has 0 saturated carbocycles. The van der Waals surface area contributed by atoms with Crippen LogP contribution in [-0.2, 0) is 24.8 Å². The molecule has 1 aromatic carbocycles. The molecule has 1 heterocycles. The van der Waals surface area contributed by atoms with Gasteiger partial charge in [-0.05, 0) is 54.5 Å². The molecule has 0 bridgehead atoms. The summed E-state index contributed by atoms with van der Waals surface area (Å²) in [5.41, 5.74) is 1.69. The van der Waals surface area contributed by atoms with Gasteiger partial charge in [0.2, 0.25) is 0 Å². The molecule has 1 aliphatic rings. The maximum Gasteiger partial charge on any atom is 0.416 e. The number of benzene rings is 1. The lowest BCUT2D eigenvalue weighted by molar-refractivity contribution is -0.137. The Morgan fingerprint density at radius 1 is 1.12 bits per heavy atom. The summed E-state index contributed by atoms with van der Waals surface area (Å²) in [4.78, 5) is 14.9. The van der Waals surface area contributed by atoms with Crippen molar-refractivity contribution >= 4 is 11.8 Å². The molecule has 1 aliphatic carbocycles. The molecule has 0 saturated heterocycles. The van der Waals surface area contributed by atoms with E-state index in [-0.39, 0.29) is 5.56 Å². The molecular weight excluding hydrogens is 349 g/mol. The lowest BCUT2D eigenvalue weighted by atomic mass is 9.90. The van der Waals surface area contributed by atoms with Gasteiger partial charge in [-0.3, -0.25) is 4.79 Å². The first kappa shape index (κ1) is 17.6. The Kier molecular flexibility index (Phi) is 4.91. The molecule has 0 aliphatic heterocycles. The average Bonchev–Trinajstić information content (AvgIpc) is 2.59. The Morgan fingerprint density at radius 3 is 2.36 bits per heavy atom. The summed E-state index contributed by atoms with van der Waals surface area (Å²) in [5, 5.41) is 9.92. The minimum atomic E-state index is -4.34. The van der Waals surface area contributed by atoms with Gasteiger partial charge in [0.15, 0.2) is 0 Å². The van der Waals surface area contributed by atoms with Crippen LogP contribution >= 0.6 is 11.8 Å². The zero-order valence-corrected chi connectivity index (χ0v) is 14.1. The Hall–Kier alpha value is -2.20. The largest absolute Gasteiger partial charge is 0.416 e. The summed E-state index contributed by atoms with van der Waals surface area (Å²) < 4.78 is 37.8. The number of thioether (sulfide) groups is 1. The fourth-order valence-corrected chi connectivity index (χ4v) is 4.06. The summed E-state index contributed by atoms with van der Waals surface area (Å²) in [6, 6.07) is 7.01. The van der Waals surface area contributed by atoms with Gasteiger partial charge in [0.25, 0.3) is 5.56 Å². The lowest BCUT2D eigenvalue weighted by Gasteiger charge is -2.19. The number of nitrogens with zero attached hydrogens (tertiary/aromatic N) is 1. The van der Waals surface area contributed by atoms with Gasteiger partial charge in [-0.2, -0.15) is 18.4 Å². The summed E-state index contributed by atoms with van der Waals surface area (Å²) in [7, 11) is 0. The topological polar surface area (TPSA) is 56.6 Å². The van der Waals surface area contributed by atoms with E-state index in [2.05, 4.69) is 4.98 Å². The van der Waals surface area contributed by atoms with Gasteiger partial charge in [0, 0.05) is 5.75 Å². The molecule has 3 nitrogen and oxygen atoms in total. The number of aromatic amines is 1. The number of hydrogen-bond donors (Lipinski definition) is 1. The SMILES string of the molecule is N#Cc1c2c(c(SCc3ccc(C(F)(F)F)cc3)[nH]c1=O)CCCC2. The molecule has 25 heavy (non-hydrogen) atoms. The monoisotopic (exact) mass is 364 g/mol. The highest BCUT2D eigenvalue weighted by atomic mass is 32.2. The number of alkyl halides is 3. The Morgan fingerprint density at radius 2 is 1.76 bits per heavy atom. The second-order valence-electron chi connectivity index (χ2n) is 5.92. The molecular formula is C18H15F3N2OS. The van der Waals surface area contributed by atoms with Crippen LogP contribution in [0, 0.1) is 11.3 Å². The molecule has 0 fully saturated rings. The number of nitriles is 1. The maximum absolute atomic E-state index is 12.6. The van der Waals surface area contributed by atoms with Gasteiger partial charge in [0.1, 0.15) is 11.6 Å². The fourth-order valence-electron chi connectivity index (χ4n) is 3.00. The standard InChI is InChI=1S/C18H15F3N2OS/c19-18(20,21)12-7-5-11(6-8-12)10-25-17-14-4-2-1-3-13(14)15(9-22)16(24)23-17/h5-8H,1-4,10H2,(H,23,24). The van der Waals surface area contributed by atoms with E-state index in [0.29, 0.717) is 5.75 Å². The minimum absolute atomic E-state index is 0.189. The highest BCUT2D eigenvalue weighted by molar-refractivity contribution is 7.98. The van der Waals surface area contributed by atoms with Crippen LogP contribution < -0.4 is 5.56 Å². The quantitative estimate of drug-likeness (QED) is 0.820. The number of rotatable bonds is 3. The first-order chi connectivity index (χ1) is 11.9. The van der Waals surface area contributed by atoms with Gasteiger partial charge in [-0.25, -0.2) is 0 Å². The fraction of sp³-hybridized carbons (Fsp3) is 0.333. The van der Waals surface area contributed by atoms with Crippen molar-refractivity contribution in [1.29, 1.82) is 5.26 Å². The number of fused-ring (bicyclic) bond motifs is 1. The number of pyridine rings is 1. The molecule has 1 N–H and O–H groups in total. The third-order valence-corrected chi connectivity index (χ3v) is 5.39. The smallest absolute Gasteiger partial charge is 0.316 e. The highest BCUT2D eigenvalue weighted by Crippen LogP contribution is 2.33. The summed E-state index contributed by atoms with van der Waals surface area (Å²) >= 11 is 1.39. The van der Waals surface area contributed by atoms with Crippen LogP contribution in [0.1, 0.15) is 40.7 Å². The highest BCUT2D eigenvalue weighted by Gasteiger charge is 2.30. The Bertz CT molecular complexity index is 879. The molecule has 0 unspecified atom stereocenters. The van der Waals surface area contributed by atoms with E-state index in [1.54, 1.807) is 0 Å². The first-order valence-electron chi connectivity index (χ1n) is 7.87. The second kappa shape index (κ2) is 6.96. The van der Waals surface area contributed by atoms with Gasteiger partial charge in [-0.1, -0.05) is 12.1 Å². The predicted molar refractivity (Wildman–Crippen MR) is 89.4 cm³/mol. The number of hydrogen-bond acceptors (Lipinski definition) is 3. The zero-order valence-electron chi connectivity index (χ0n) is 13.2. The number of H-pyrrole nitrogens is 1. The van der Waals surface area contributed by atoms with Gasteiger partial charge >= 0.3 is 6.18 Å². The number of nitrogens with one attached hydrogen (secondary N) is 1. The normalized spacial score (nSPS) is 14.0. The molecule has 2 aromatic rings. The van der Waals surface area contributed by atoms with E-state index >= 15 is 0 Å². The van der Waals surface area contributed by atoms with E-state index in [4.69, 9.17) is 0 Å². The van der Waals surface area contributed by atoms with Crippen molar-refractivity contribution < 1.29 is 13.2 Å². The third kappa shape index (κ3) is 3.74. The molecule has 130 valence electrons. The summed E-state index contributed by atoms with van der Waals surface area (Å²) in [6.07, 6.45) is -0.874. The van der Waals surface area contributed by atoms with E-state index in [9.17, 15) is 23.2 Å². The summed E-state index contributed by atoms with van der Waals surface area (Å²) in [6.45, 7) is 0. The van der Waals surface area contributed by atoms with Crippen LogP contribution in [0.3, 0.4) is 0 Å². The van der Waals surface area contributed by atoms with E-state index in [1.165, 1.54) is 23.9 Å². The molecule has 7 heteroatoms. The Labute approximate surface area is 146 Å². The molecule has 1 aromatic heterocycles.